The van der Waals surface area contributed by atoms with Gasteiger partial charge in [-0.3, -0.25) is 0 Å². The fraction of sp³-hybridized carbons (Fsp3) is 0.200. The minimum Gasteiger partial charge on any atom is -0.189 e. The van der Waals surface area contributed by atoms with Crippen molar-refractivity contribution in [3.63, 3.8) is 0 Å². The smallest absolute Gasteiger partial charge is 0.189 e. The minimum absolute atomic E-state index is 0.300. The number of allylic oxidation sites excluding steroid dienone is 1. The highest BCUT2D eigenvalue weighted by Gasteiger charge is 2.09. The third kappa shape index (κ3) is 2.96. The van der Waals surface area contributed by atoms with Gasteiger partial charge in [-0.05, 0) is 24.1 Å². The maximum absolute atomic E-state index is 12.5. The molecule has 14 heavy (non-hydrogen) atoms. The van der Waals surface area contributed by atoms with E-state index in [4.69, 9.17) is 0 Å². The molecular weight excluding hydrogens is 203 g/mol. The predicted octanol–water partition coefficient (Wildman–Crippen LogP) is 2.77. The molecule has 0 aromatic heterocycles. The maximum Gasteiger partial charge on any atom is 0.332 e. The molecule has 0 saturated heterocycles. The number of hydrogen-bond acceptors (Lipinski definition) is 2. The van der Waals surface area contributed by atoms with Crippen molar-refractivity contribution in [3.8, 4) is 0 Å². The van der Waals surface area contributed by atoms with Crippen molar-refractivity contribution < 1.29 is 12.3 Å². The molecule has 0 fully saturated rings. The van der Waals surface area contributed by atoms with E-state index in [0.29, 0.717) is 0 Å². The van der Waals surface area contributed by atoms with Crippen molar-refractivity contribution in [2.75, 3.05) is 0 Å². The zero-order chi connectivity index (χ0) is 10.6. The second kappa shape index (κ2) is 4.37. The van der Waals surface area contributed by atoms with E-state index in [0.717, 1.165) is 12.0 Å². The second-order valence-corrected chi connectivity index (χ2v) is 4.16. The van der Waals surface area contributed by atoms with E-state index in [9.17, 15) is 12.3 Å². The zero-order valence-corrected chi connectivity index (χ0v) is 8.59. The molecule has 0 aliphatic rings. The Labute approximate surface area is 83.3 Å². The fourth-order valence-electron chi connectivity index (χ4n) is 0.995. The van der Waals surface area contributed by atoms with Crippen LogP contribution in [0.1, 0.15) is 18.9 Å². The molecule has 0 unspecified atom stereocenters. The van der Waals surface area contributed by atoms with Gasteiger partial charge in [-0.2, -0.15) is 8.42 Å². The first-order valence-corrected chi connectivity index (χ1v) is 5.63. The lowest BCUT2D eigenvalue weighted by molar-refractivity contribution is 0.552. The Kier molecular flexibility index (Phi) is 3.41. The van der Waals surface area contributed by atoms with Gasteiger partial charge in [0.2, 0.25) is 0 Å². The summed E-state index contributed by atoms with van der Waals surface area (Å²) in [5, 5.41) is 0. The van der Waals surface area contributed by atoms with Gasteiger partial charge in [-0.1, -0.05) is 31.2 Å². The van der Waals surface area contributed by atoms with Crippen LogP contribution in [0.2, 0.25) is 0 Å². The van der Waals surface area contributed by atoms with Gasteiger partial charge in [-0.15, -0.1) is 3.89 Å². The lowest BCUT2D eigenvalue weighted by atomic mass is 10.2. The van der Waals surface area contributed by atoms with E-state index in [-0.39, 0.29) is 4.90 Å². The molecule has 0 amide bonds. The average molecular weight is 214 g/mol. The van der Waals surface area contributed by atoms with Crippen LogP contribution in [0.25, 0.3) is 6.08 Å². The molecule has 0 heterocycles. The van der Waals surface area contributed by atoms with Crippen LogP contribution in [0, 0.1) is 0 Å². The summed E-state index contributed by atoms with van der Waals surface area (Å²) >= 11 is 0. The molecule has 0 radical (unpaired) electrons. The third-order valence-corrected chi connectivity index (χ3v) is 2.54. The van der Waals surface area contributed by atoms with Crippen LogP contribution in [-0.4, -0.2) is 8.42 Å². The van der Waals surface area contributed by atoms with E-state index >= 15 is 0 Å². The molecule has 1 rings (SSSR count). The molecule has 1 aromatic carbocycles. The van der Waals surface area contributed by atoms with E-state index in [1.54, 1.807) is 12.1 Å². The molecule has 2 nitrogen and oxygen atoms in total. The summed E-state index contributed by atoms with van der Waals surface area (Å²) < 4.78 is 33.4. The largest absolute Gasteiger partial charge is 0.332 e. The first-order valence-electron chi connectivity index (χ1n) is 4.25. The molecular formula is C10H11FO2S. The molecule has 1 aromatic rings. The summed E-state index contributed by atoms with van der Waals surface area (Å²) in [5.74, 6) is 0. The predicted molar refractivity (Wildman–Crippen MR) is 54.1 cm³/mol. The molecule has 0 atom stereocenters. The summed E-state index contributed by atoms with van der Waals surface area (Å²) in [6.45, 7) is 2.00. The summed E-state index contributed by atoms with van der Waals surface area (Å²) in [4.78, 5) is -0.300. The Morgan fingerprint density at radius 2 is 1.86 bits per heavy atom. The van der Waals surface area contributed by atoms with Crippen molar-refractivity contribution in [1.29, 1.82) is 0 Å². The molecule has 76 valence electrons. The van der Waals surface area contributed by atoms with E-state index < -0.39 is 10.2 Å². The number of hydrogen-bond donors (Lipinski definition) is 0. The molecule has 0 spiro atoms. The van der Waals surface area contributed by atoms with Crippen LogP contribution >= 0.6 is 0 Å². The first-order chi connectivity index (χ1) is 6.54. The van der Waals surface area contributed by atoms with Crippen LogP contribution in [0.5, 0.6) is 0 Å². The SMILES string of the molecule is CCC=Cc1ccc(S(=O)(=O)F)cc1. The molecule has 0 bridgehead atoms. The van der Waals surface area contributed by atoms with Crippen molar-refractivity contribution in [1.82, 2.24) is 0 Å². The Hall–Kier alpha value is -1.16. The van der Waals surface area contributed by atoms with E-state index in [1.807, 2.05) is 19.1 Å². The molecule has 0 aliphatic heterocycles. The normalized spacial score (nSPS) is 12.1. The molecule has 0 N–H and O–H groups in total. The van der Waals surface area contributed by atoms with E-state index in [1.165, 1.54) is 12.1 Å². The van der Waals surface area contributed by atoms with Gasteiger partial charge < -0.3 is 0 Å². The summed E-state index contributed by atoms with van der Waals surface area (Å²) in [7, 11) is -4.56. The monoisotopic (exact) mass is 214 g/mol. The van der Waals surface area contributed by atoms with Crippen molar-refractivity contribution in [3.05, 3.63) is 35.9 Å². The number of benzene rings is 1. The number of rotatable bonds is 3. The van der Waals surface area contributed by atoms with Gasteiger partial charge in [0, 0.05) is 0 Å². The van der Waals surface area contributed by atoms with Crippen LogP contribution in [0.4, 0.5) is 3.89 Å². The van der Waals surface area contributed by atoms with Crippen LogP contribution < -0.4 is 0 Å². The Bertz CT molecular complexity index is 418. The lowest BCUT2D eigenvalue weighted by Gasteiger charge is -1.95. The highest BCUT2D eigenvalue weighted by Crippen LogP contribution is 2.13. The van der Waals surface area contributed by atoms with Crippen LogP contribution in [-0.2, 0) is 10.2 Å². The zero-order valence-electron chi connectivity index (χ0n) is 7.77. The van der Waals surface area contributed by atoms with Crippen molar-refractivity contribution in [2.45, 2.75) is 18.2 Å². The maximum atomic E-state index is 12.5. The van der Waals surface area contributed by atoms with Gasteiger partial charge >= 0.3 is 10.2 Å². The topological polar surface area (TPSA) is 34.1 Å². The fourth-order valence-corrected chi connectivity index (χ4v) is 1.46. The van der Waals surface area contributed by atoms with Gasteiger partial charge in [0.05, 0.1) is 4.90 Å². The molecule has 0 saturated carbocycles. The standard InChI is InChI=1S/C10H11FO2S/c1-2-3-4-9-5-7-10(8-6-9)14(11,12)13/h3-8H,2H2,1H3. The Balaban J connectivity index is 2.95. The average Bonchev–Trinajstić information content (AvgIpc) is 2.14. The third-order valence-electron chi connectivity index (χ3n) is 1.71. The summed E-state index contributed by atoms with van der Waals surface area (Å²) in [5.41, 5.74) is 0.860. The van der Waals surface area contributed by atoms with Crippen molar-refractivity contribution in [2.24, 2.45) is 0 Å². The highest BCUT2D eigenvalue weighted by molar-refractivity contribution is 7.86. The molecule has 4 heteroatoms. The minimum atomic E-state index is -4.56. The van der Waals surface area contributed by atoms with Gasteiger partial charge in [0.25, 0.3) is 0 Å². The lowest BCUT2D eigenvalue weighted by Crippen LogP contribution is -1.90. The summed E-state index contributed by atoms with van der Waals surface area (Å²) in [6, 6.07) is 5.65. The van der Waals surface area contributed by atoms with E-state index in [2.05, 4.69) is 0 Å². The first kappa shape index (κ1) is 10.9. The number of halogens is 1. The summed E-state index contributed by atoms with van der Waals surface area (Å²) in [6.07, 6.45) is 4.71. The second-order valence-electron chi connectivity index (χ2n) is 2.82. The van der Waals surface area contributed by atoms with Crippen LogP contribution in [0.15, 0.2) is 35.2 Å². The Morgan fingerprint density at radius 1 is 1.29 bits per heavy atom. The van der Waals surface area contributed by atoms with Gasteiger partial charge in [-0.25, -0.2) is 0 Å². The van der Waals surface area contributed by atoms with Gasteiger partial charge in [0.15, 0.2) is 0 Å². The molecule has 0 aliphatic carbocycles. The highest BCUT2D eigenvalue weighted by atomic mass is 32.3. The van der Waals surface area contributed by atoms with Gasteiger partial charge in [0.1, 0.15) is 0 Å². The quantitative estimate of drug-likeness (QED) is 0.725. The van der Waals surface area contributed by atoms with Crippen LogP contribution in [0.3, 0.4) is 0 Å². The van der Waals surface area contributed by atoms with Crippen molar-refractivity contribution >= 4 is 16.3 Å². The Morgan fingerprint density at radius 3 is 2.29 bits per heavy atom.